The maximum Gasteiger partial charge on any atom is 0.221 e. The van der Waals surface area contributed by atoms with E-state index in [0.29, 0.717) is 10.6 Å². The van der Waals surface area contributed by atoms with Crippen molar-refractivity contribution in [2.75, 3.05) is 5.32 Å². The largest absolute Gasteiger partial charge is 0.324 e. The molecule has 0 unspecified atom stereocenters. The Morgan fingerprint density at radius 1 is 1.75 bits per heavy atom. The molecule has 1 aromatic rings. The molecule has 0 atom stereocenters. The summed E-state index contributed by atoms with van der Waals surface area (Å²) in [7, 11) is 0. The Bertz CT molecular complexity index is 348. The molecule has 0 aliphatic carbocycles. The second kappa shape index (κ2) is 3.37. The number of thiophene rings is 1. The molecule has 4 heteroatoms. The fourth-order valence-corrected chi connectivity index (χ4v) is 1.64. The lowest BCUT2D eigenvalue weighted by Gasteiger charge is -1.96. The molecule has 1 rings (SSSR count). The van der Waals surface area contributed by atoms with E-state index in [0.717, 1.165) is 4.88 Å². The van der Waals surface area contributed by atoms with Gasteiger partial charge in [-0.2, -0.15) is 5.26 Å². The lowest BCUT2D eigenvalue weighted by atomic mass is 10.3. The van der Waals surface area contributed by atoms with Crippen LogP contribution in [0.3, 0.4) is 0 Å². The van der Waals surface area contributed by atoms with E-state index in [1.165, 1.54) is 18.3 Å². The molecule has 12 heavy (non-hydrogen) atoms. The molecule has 1 aromatic heterocycles. The monoisotopic (exact) mass is 180 g/mol. The summed E-state index contributed by atoms with van der Waals surface area (Å²) in [5, 5.41) is 11.2. The molecule has 0 aliphatic heterocycles. The third-order valence-corrected chi connectivity index (χ3v) is 2.22. The molecular weight excluding hydrogens is 172 g/mol. The lowest BCUT2D eigenvalue weighted by Crippen LogP contribution is -2.05. The van der Waals surface area contributed by atoms with Gasteiger partial charge in [-0.1, -0.05) is 0 Å². The summed E-state index contributed by atoms with van der Waals surface area (Å²) >= 11 is 1.38. The van der Waals surface area contributed by atoms with Crippen molar-refractivity contribution in [3.8, 4) is 6.07 Å². The maximum absolute atomic E-state index is 10.7. The van der Waals surface area contributed by atoms with Gasteiger partial charge in [0.1, 0.15) is 10.9 Å². The van der Waals surface area contributed by atoms with E-state index < -0.39 is 0 Å². The van der Waals surface area contributed by atoms with Crippen LogP contribution in [-0.2, 0) is 4.79 Å². The highest BCUT2D eigenvalue weighted by Crippen LogP contribution is 2.25. The highest BCUT2D eigenvalue weighted by molar-refractivity contribution is 7.13. The molecule has 0 saturated heterocycles. The summed E-state index contributed by atoms with van der Waals surface area (Å²) in [4.78, 5) is 12.3. The Morgan fingerprint density at radius 2 is 2.42 bits per heavy atom. The number of nitrogens with one attached hydrogen (secondary N) is 1. The number of hydrogen-bond donors (Lipinski definition) is 1. The number of amides is 1. The van der Waals surface area contributed by atoms with Gasteiger partial charge >= 0.3 is 0 Å². The van der Waals surface area contributed by atoms with Gasteiger partial charge in [-0.25, -0.2) is 0 Å². The van der Waals surface area contributed by atoms with E-state index in [-0.39, 0.29) is 5.91 Å². The van der Waals surface area contributed by atoms with Gasteiger partial charge in [0.15, 0.2) is 0 Å². The van der Waals surface area contributed by atoms with E-state index in [1.807, 2.05) is 13.0 Å². The number of carbonyl (C=O) groups excluding carboxylic acids is 1. The van der Waals surface area contributed by atoms with Crippen molar-refractivity contribution in [1.82, 2.24) is 0 Å². The van der Waals surface area contributed by atoms with Crippen molar-refractivity contribution in [1.29, 1.82) is 5.26 Å². The highest BCUT2D eigenvalue weighted by Gasteiger charge is 2.06. The molecule has 0 saturated carbocycles. The minimum atomic E-state index is -0.149. The van der Waals surface area contributed by atoms with Crippen molar-refractivity contribution in [2.45, 2.75) is 13.8 Å². The zero-order valence-corrected chi connectivity index (χ0v) is 7.66. The first kappa shape index (κ1) is 8.75. The van der Waals surface area contributed by atoms with Crippen molar-refractivity contribution in [3.05, 3.63) is 15.8 Å². The molecule has 0 aromatic carbocycles. The van der Waals surface area contributed by atoms with Crippen molar-refractivity contribution in [3.63, 3.8) is 0 Å². The van der Waals surface area contributed by atoms with Crippen LogP contribution in [0.15, 0.2) is 6.07 Å². The number of aryl methyl sites for hydroxylation is 1. The summed E-state index contributed by atoms with van der Waals surface area (Å²) in [6, 6.07) is 3.82. The van der Waals surface area contributed by atoms with Gasteiger partial charge in [0.2, 0.25) is 5.91 Å². The molecule has 1 heterocycles. The van der Waals surface area contributed by atoms with Crippen molar-refractivity contribution < 1.29 is 4.79 Å². The molecule has 0 aliphatic rings. The van der Waals surface area contributed by atoms with Gasteiger partial charge in [0, 0.05) is 11.8 Å². The van der Waals surface area contributed by atoms with Crippen LogP contribution in [0.1, 0.15) is 16.7 Å². The Hall–Kier alpha value is -1.34. The quantitative estimate of drug-likeness (QED) is 0.717. The standard InChI is InChI=1S/C8H8N2OS/c1-5-3-7(10-6(2)11)8(4-9)12-5/h3H,1-2H3,(H,10,11). The summed E-state index contributed by atoms with van der Waals surface area (Å²) in [6.45, 7) is 3.32. The molecule has 3 nitrogen and oxygen atoms in total. The maximum atomic E-state index is 10.7. The molecule has 62 valence electrons. The first-order chi connectivity index (χ1) is 5.63. The van der Waals surface area contributed by atoms with E-state index in [4.69, 9.17) is 5.26 Å². The van der Waals surface area contributed by atoms with Gasteiger partial charge in [-0.15, -0.1) is 11.3 Å². The second-order valence-corrected chi connectivity index (χ2v) is 3.65. The normalized spacial score (nSPS) is 9.08. The molecular formula is C8H8N2OS. The second-order valence-electron chi connectivity index (χ2n) is 2.39. The third-order valence-electron chi connectivity index (χ3n) is 1.27. The van der Waals surface area contributed by atoms with Gasteiger partial charge in [-0.3, -0.25) is 4.79 Å². The predicted molar refractivity (Wildman–Crippen MR) is 48.1 cm³/mol. The van der Waals surface area contributed by atoms with Crippen LogP contribution in [0.2, 0.25) is 0 Å². The number of nitriles is 1. The number of hydrogen-bond acceptors (Lipinski definition) is 3. The Morgan fingerprint density at radius 3 is 2.92 bits per heavy atom. The van der Waals surface area contributed by atoms with E-state index >= 15 is 0 Å². The Labute approximate surface area is 74.6 Å². The highest BCUT2D eigenvalue weighted by atomic mass is 32.1. The summed E-state index contributed by atoms with van der Waals surface area (Å²) in [5.41, 5.74) is 0.618. The van der Waals surface area contributed by atoms with Gasteiger partial charge in [0.05, 0.1) is 5.69 Å². The van der Waals surface area contributed by atoms with E-state index in [9.17, 15) is 4.79 Å². The fourth-order valence-electron chi connectivity index (χ4n) is 0.880. The minimum absolute atomic E-state index is 0.149. The topological polar surface area (TPSA) is 52.9 Å². The molecule has 0 radical (unpaired) electrons. The first-order valence-corrected chi connectivity index (χ1v) is 4.23. The van der Waals surface area contributed by atoms with Gasteiger partial charge in [0.25, 0.3) is 0 Å². The smallest absolute Gasteiger partial charge is 0.221 e. The molecule has 1 amide bonds. The van der Waals surface area contributed by atoms with Crippen LogP contribution >= 0.6 is 11.3 Å². The lowest BCUT2D eigenvalue weighted by molar-refractivity contribution is -0.114. The number of nitrogens with zero attached hydrogens (tertiary/aromatic N) is 1. The van der Waals surface area contributed by atoms with E-state index in [2.05, 4.69) is 5.32 Å². The van der Waals surface area contributed by atoms with Crippen LogP contribution in [0.25, 0.3) is 0 Å². The molecule has 0 spiro atoms. The summed E-state index contributed by atoms with van der Waals surface area (Å²) in [5.74, 6) is -0.149. The number of rotatable bonds is 1. The number of anilines is 1. The molecule has 0 fully saturated rings. The predicted octanol–water partition coefficient (Wildman–Crippen LogP) is 1.89. The first-order valence-electron chi connectivity index (χ1n) is 3.41. The Kier molecular flexibility index (Phi) is 2.46. The third kappa shape index (κ3) is 1.83. The Balaban J connectivity index is 2.99. The minimum Gasteiger partial charge on any atom is -0.324 e. The van der Waals surface area contributed by atoms with Gasteiger partial charge in [-0.05, 0) is 13.0 Å². The van der Waals surface area contributed by atoms with Crippen molar-refractivity contribution >= 4 is 22.9 Å². The van der Waals surface area contributed by atoms with Crippen molar-refractivity contribution in [2.24, 2.45) is 0 Å². The molecule has 1 N–H and O–H groups in total. The van der Waals surface area contributed by atoms with Crippen LogP contribution in [-0.4, -0.2) is 5.91 Å². The van der Waals surface area contributed by atoms with Crippen LogP contribution < -0.4 is 5.32 Å². The number of carbonyl (C=O) groups is 1. The average Bonchev–Trinajstić information content (AvgIpc) is 2.29. The molecule has 0 bridgehead atoms. The van der Waals surface area contributed by atoms with Crippen LogP contribution in [0, 0.1) is 18.3 Å². The van der Waals surface area contributed by atoms with E-state index in [1.54, 1.807) is 6.07 Å². The zero-order chi connectivity index (χ0) is 9.14. The van der Waals surface area contributed by atoms with Crippen LogP contribution in [0.5, 0.6) is 0 Å². The summed E-state index contributed by atoms with van der Waals surface area (Å²) < 4.78 is 0. The zero-order valence-electron chi connectivity index (χ0n) is 6.84. The average molecular weight is 180 g/mol. The fraction of sp³-hybridized carbons (Fsp3) is 0.250. The van der Waals surface area contributed by atoms with Crippen LogP contribution in [0.4, 0.5) is 5.69 Å². The SMILES string of the molecule is CC(=O)Nc1cc(C)sc1C#N. The summed E-state index contributed by atoms with van der Waals surface area (Å²) in [6.07, 6.45) is 0. The van der Waals surface area contributed by atoms with Gasteiger partial charge < -0.3 is 5.32 Å².